The monoisotopic (exact) mass is 612 g/mol. The molecule has 2 atom stereocenters. The number of hydrogen-bond donors (Lipinski definition) is 2. The number of carbonyl (C=O) groups is 1. The van der Waals surface area contributed by atoms with Crippen molar-refractivity contribution in [1.82, 2.24) is 5.32 Å². The van der Waals surface area contributed by atoms with E-state index in [-0.39, 0.29) is 12.5 Å². The van der Waals surface area contributed by atoms with Gasteiger partial charge in [0, 0.05) is 36.0 Å². The van der Waals surface area contributed by atoms with Crippen LogP contribution in [-0.2, 0) is 22.5 Å². The molecular formula is C34H33BrN2O4. The van der Waals surface area contributed by atoms with Crippen molar-refractivity contribution in [3.63, 3.8) is 0 Å². The average Bonchev–Trinajstić information content (AvgIpc) is 3.37. The van der Waals surface area contributed by atoms with Gasteiger partial charge in [-0.15, -0.1) is 0 Å². The minimum atomic E-state index is -1.25. The molecule has 0 radical (unpaired) electrons. The Morgan fingerprint density at radius 2 is 1.71 bits per heavy atom. The number of aliphatic hydroxyl groups is 1. The molecule has 5 rings (SSSR count). The van der Waals surface area contributed by atoms with Crippen LogP contribution in [0.3, 0.4) is 0 Å². The minimum Gasteiger partial charge on any atom is -0.494 e. The van der Waals surface area contributed by atoms with Crippen molar-refractivity contribution in [2.75, 3.05) is 13.2 Å². The number of amides is 1. The first kappa shape index (κ1) is 28.6. The highest BCUT2D eigenvalue weighted by Gasteiger charge is 2.53. The van der Waals surface area contributed by atoms with E-state index < -0.39 is 11.6 Å². The summed E-state index contributed by atoms with van der Waals surface area (Å²) in [7, 11) is 0. The van der Waals surface area contributed by atoms with E-state index in [1.54, 1.807) is 0 Å². The number of aryl methyl sites for hydroxylation is 1. The summed E-state index contributed by atoms with van der Waals surface area (Å²) in [4.78, 5) is 19.4. The molecular weight excluding hydrogens is 580 g/mol. The van der Waals surface area contributed by atoms with Gasteiger partial charge in [-0.2, -0.15) is 0 Å². The Hall–Kier alpha value is -3.94. The van der Waals surface area contributed by atoms with Crippen LogP contribution in [0.2, 0.25) is 0 Å². The fraction of sp³-hybridized carbons (Fsp3) is 0.235. The van der Waals surface area contributed by atoms with Gasteiger partial charge in [-0.3, -0.25) is 4.79 Å². The van der Waals surface area contributed by atoms with Crippen LogP contribution in [0, 0.1) is 6.92 Å². The maximum Gasteiger partial charge on any atom is 0.252 e. The van der Waals surface area contributed by atoms with Gasteiger partial charge in [0.05, 0.1) is 6.61 Å². The van der Waals surface area contributed by atoms with Crippen LogP contribution < -0.4 is 10.1 Å². The molecule has 0 saturated heterocycles. The van der Waals surface area contributed by atoms with Crippen LogP contribution in [0.4, 0.5) is 0 Å². The molecule has 1 aliphatic rings. The zero-order valence-corrected chi connectivity index (χ0v) is 24.5. The molecule has 6 nitrogen and oxygen atoms in total. The second-order valence-corrected chi connectivity index (χ2v) is 11.1. The summed E-state index contributed by atoms with van der Waals surface area (Å²) in [6, 6.07) is 33.4. The molecule has 0 aromatic heterocycles. The highest BCUT2D eigenvalue weighted by molar-refractivity contribution is 9.10. The zero-order chi connectivity index (χ0) is 28.7. The lowest BCUT2D eigenvalue weighted by Crippen LogP contribution is -2.49. The quantitative estimate of drug-likeness (QED) is 0.194. The summed E-state index contributed by atoms with van der Waals surface area (Å²) >= 11 is 3.53. The summed E-state index contributed by atoms with van der Waals surface area (Å²) in [5.41, 5.74) is 3.51. The predicted molar refractivity (Wildman–Crippen MR) is 164 cm³/mol. The van der Waals surface area contributed by atoms with Crippen molar-refractivity contribution < 1.29 is 19.4 Å². The highest BCUT2D eigenvalue weighted by atomic mass is 79.9. The number of aliphatic imine (C=N–C) groups is 1. The third-order valence-electron chi connectivity index (χ3n) is 7.05. The summed E-state index contributed by atoms with van der Waals surface area (Å²) in [5.74, 6) is 0.896. The van der Waals surface area contributed by atoms with Crippen LogP contribution in [-0.4, -0.2) is 35.7 Å². The van der Waals surface area contributed by atoms with Crippen LogP contribution in [0.1, 0.15) is 40.3 Å². The van der Waals surface area contributed by atoms with Gasteiger partial charge in [-0.05, 0) is 60.0 Å². The Labute approximate surface area is 249 Å². The normalized spacial score (nSPS) is 17.9. The number of benzene rings is 4. The molecule has 0 saturated carbocycles. The maximum absolute atomic E-state index is 14.3. The average molecular weight is 614 g/mol. The molecule has 1 aliphatic heterocycles. The van der Waals surface area contributed by atoms with Crippen molar-refractivity contribution in [2.45, 2.75) is 38.0 Å². The van der Waals surface area contributed by atoms with Crippen LogP contribution in [0.15, 0.2) is 113 Å². The molecule has 0 unspecified atom stereocenters. The number of nitrogens with one attached hydrogen (secondary N) is 1. The van der Waals surface area contributed by atoms with E-state index in [9.17, 15) is 4.79 Å². The number of ether oxygens (including phenoxy) is 2. The van der Waals surface area contributed by atoms with Gasteiger partial charge in [0.2, 0.25) is 5.90 Å². The van der Waals surface area contributed by atoms with Gasteiger partial charge in [-0.25, -0.2) is 4.99 Å². The standard InChI is InChI=1S/C34H33BrN2O4/c1-24-7-5-10-26(21-24)23-36-33(39)34(22-25-8-3-2-4-9-25)31(27-11-15-29(35)16-12-27)41-32(37-34)28-13-17-30(18-14-28)40-20-6-19-38/h2-5,7-18,21,31,38H,6,19-20,22-23H2,1H3,(H,36,39)/t31-,34-/m1/s1. The molecule has 1 heterocycles. The van der Waals surface area contributed by atoms with E-state index in [2.05, 4.69) is 27.3 Å². The molecule has 41 heavy (non-hydrogen) atoms. The SMILES string of the molecule is Cc1cccc(CNC(=O)[C@]2(Cc3ccccc3)N=C(c3ccc(OCCCO)cc3)O[C@@H]2c2ccc(Br)cc2)c1. The molecule has 4 aromatic carbocycles. The predicted octanol–water partition coefficient (Wildman–Crippen LogP) is 6.33. The van der Waals surface area contributed by atoms with Gasteiger partial charge in [0.25, 0.3) is 5.91 Å². The first-order valence-corrected chi connectivity index (χ1v) is 14.5. The van der Waals surface area contributed by atoms with Gasteiger partial charge >= 0.3 is 0 Å². The summed E-state index contributed by atoms with van der Waals surface area (Å²) in [6.07, 6.45) is 0.274. The maximum atomic E-state index is 14.3. The number of nitrogens with zero attached hydrogens (tertiary/aromatic N) is 1. The fourth-order valence-electron chi connectivity index (χ4n) is 4.98. The number of carbonyl (C=O) groups excluding carboxylic acids is 1. The fourth-order valence-corrected chi connectivity index (χ4v) is 5.25. The van der Waals surface area contributed by atoms with Crippen LogP contribution in [0.5, 0.6) is 5.75 Å². The first-order valence-electron chi connectivity index (χ1n) is 13.7. The van der Waals surface area contributed by atoms with E-state index in [4.69, 9.17) is 19.6 Å². The van der Waals surface area contributed by atoms with E-state index in [1.807, 2.05) is 104 Å². The van der Waals surface area contributed by atoms with Crippen LogP contribution >= 0.6 is 15.9 Å². The second-order valence-electron chi connectivity index (χ2n) is 10.2. The van der Waals surface area contributed by atoms with Crippen molar-refractivity contribution >= 4 is 27.7 Å². The van der Waals surface area contributed by atoms with Gasteiger partial charge in [0.15, 0.2) is 11.6 Å². The van der Waals surface area contributed by atoms with Gasteiger partial charge in [-0.1, -0.05) is 88.2 Å². The van der Waals surface area contributed by atoms with E-state index in [0.29, 0.717) is 37.6 Å². The van der Waals surface area contributed by atoms with Gasteiger partial charge in [0.1, 0.15) is 5.75 Å². The molecule has 2 N–H and O–H groups in total. The molecule has 7 heteroatoms. The van der Waals surface area contributed by atoms with Crippen molar-refractivity contribution in [1.29, 1.82) is 0 Å². The molecule has 0 aliphatic carbocycles. The van der Waals surface area contributed by atoms with Gasteiger partial charge < -0.3 is 19.9 Å². The zero-order valence-electron chi connectivity index (χ0n) is 22.9. The molecule has 1 amide bonds. The summed E-state index contributed by atoms with van der Waals surface area (Å²) in [5, 5.41) is 12.2. The largest absolute Gasteiger partial charge is 0.494 e. The summed E-state index contributed by atoms with van der Waals surface area (Å²) < 4.78 is 13.2. The lowest BCUT2D eigenvalue weighted by Gasteiger charge is -2.31. The number of rotatable bonds is 11. The van der Waals surface area contributed by atoms with Crippen LogP contribution in [0.25, 0.3) is 0 Å². The Kier molecular flexibility index (Phi) is 9.17. The second kappa shape index (κ2) is 13.1. The lowest BCUT2D eigenvalue weighted by atomic mass is 9.82. The summed E-state index contributed by atoms with van der Waals surface area (Å²) in [6.45, 7) is 2.93. The molecule has 0 fully saturated rings. The van der Waals surface area contributed by atoms with E-state index in [0.717, 1.165) is 32.3 Å². The first-order chi connectivity index (χ1) is 20.0. The topological polar surface area (TPSA) is 80.2 Å². The Morgan fingerprint density at radius 1 is 0.976 bits per heavy atom. The number of hydrogen-bond acceptors (Lipinski definition) is 5. The van der Waals surface area contributed by atoms with E-state index >= 15 is 0 Å². The Morgan fingerprint density at radius 3 is 2.41 bits per heavy atom. The van der Waals surface area contributed by atoms with E-state index in [1.165, 1.54) is 0 Å². The number of halogens is 1. The van der Waals surface area contributed by atoms with Crippen molar-refractivity contribution in [3.8, 4) is 5.75 Å². The Balaban J connectivity index is 1.53. The molecule has 210 valence electrons. The highest BCUT2D eigenvalue weighted by Crippen LogP contribution is 2.43. The van der Waals surface area contributed by atoms with Crippen molar-refractivity contribution in [2.24, 2.45) is 4.99 Å². The third-order valence-corrected chi connectivity index (χ3v) is 7.58. The number of aliphatic hydroxyl groups excluding tert-OH is 1. The molecule has 0 bridgehead atoms. The molecule has 0 spiro atoms. The lowest BCUT2D eigenvalue weighted by molar-refractivity contribution is -0.129. The van der Waals surface area contributed by atoms with Crippen molar-refractivity contribution in [3.05, 3.63) is 135 Å². The smallest absolute Gasteiger partial charge is 0.252 e. The Bertz CT molecular complexity index is 1490. The minimum absolute atomic E-state index is 0.0790. The third kappa shape index (κ3) is 6.87. The molecule has 4 aromatic rings.